The highest BCUT2D eigenvalue weighted by molar-refractivity contribution is 5.96. The van der Waals surface area contributed by atoms with E-state index in [1.54, 1.807) is 4.90 Å². The minimum Gasteiger partial charge on any atom is -0.512 e. The fraction of sp³-hybridized carbons (Fsp3) is 0.423. The van der Waals surface area contributed by atoms with Crippen LogP contribution in [0.4, 0.5) is 79.0 Å². The molecule has 6 saturated carbocycles. The summed E-state index contributed by atoms with van der Waals surface area (Å²) in [7, 11) is 7.24. The van der Waals surface area contributed by atoms with Crippen LogP contribution in [0.2, 0.25) is 0 Å². The number of carbonyl (C=O) groups is 10. The zero-order chi connectivity index (χ0) is 109. The van der Waals surface area contributed by atoms with Crippen molar-refractivity contribution in [3.05, 3.63) is 294 Å². The quantitative estimate of drug-likeness (QED) is 0.0200. The first kappa shape index (κ1) is 118. The third-order valence-corrected chi connectivity index (χ3v) is 26.1. The minimum absolute atomic E-state index is 0.0103. The van der Waals surface area contributed by atoms with Gasteiger partial charge in [-0.05, 0) is 206 Å². The van der Waals surface area contributed by atoms with Gasteiger partial charge in [-0.1, -0.05) is 60.7 Å². The maximum Gasteiger partial charge on any atom is 0.421 e. The lowest BCUT2D eigenvalue weighted by Gasteiger charge is -2.42. The van der Waals surface area contributed by atoms with Crippen LogP contribution in [-0.2, 0) is 112 Å². The molecule has 24 nitrogen and oxygen atoms in total. The number of nitrogens with two attached hydrogens (primary N) is 1. The molecule has 1 unspecified atom stereocenters. The van der Waals surface area contributed by atoms with Gasteiger partial charge in [-0.15, -0.1) is 0 Å². The van der Waals surface area contributed by atoms with Crippen LogP contribution in [-0.4, -0.2) is 175 Å². The first-order valence-electron chi connectivity index (χ1n) is 45.7. The number of alkyl halides is 6. The van der Waals surface area contributed by atoms with Crippen molar-refractivity contribution in [2.75, 3.05) is 42.7 Å². The van der Waals surface area contributed by atoms with Crippen LogP contribution in [0.1, 0.15) is 214 Å². The highest BCUT2D eigenvalue weighted by atomic mass is 19.4. The molecule has 6 fully saturated rings. The summed E-state index contributed by atoms with van der Waals surface area (Å²) in [5.41, 5.74) is -6.22. The second-order valence-corrected chi connectivity index (χ2v) is 36.0. The average Bonchev–Trinajstić information content (AvgIpc) is 1.17. The Morgan fingerprint density at radius 2 is 0.705 bits per heavy atom. The number of benzene rings is 8. The molecule has 0 bridgehead atoms. The fourth-order valence-electron chi connectivity index (χ4n) is 17.2. The molecular formula is C104H109F18N3O21. The number of Topliss-reactive ketones (excluding diaryl/α,β-unsaturated/α-hetero) is 1. The summed E-state index contributed by atoms with van der Waals surface area (Å²) >= 11 is 0. The Morgan fingerprint density at radius 3 is 1.02 bits per heavy atom. The standard InChI is InChI=1S/C27H28F5NO4.C17H21F2NO2.C16H16F2O5.C14H14F2O3.C10H9F3O3.C9H8F2O2.C8H6F2O2.C3H7N/c1-25(36,27(30,31)32)17-5-3-16(4-6-17)23(34)33(19-8-9-19)20-11-13-26(14-12-20,24(35)37-2)21-10-7-18(28)15-22(21)29;1-22-16(21)17(14-5-2-11(18)10-15(14)19)8-6-13(7-9-17)20-12-3-4-12;1-22-14(20)10-8-16(15(21)23-2,6-5-13(10)19)11-4-3-9(17)7-12(11)18;1-19-13(18)14(6-4-10(17)5-7-14)11-3-2-9(15)8-12(11)16;1-9(16,10(11,12)13)7-4-2-6(3-5-7)8(14)15;1-13-9(12)4-6-2-3-7(10)5-8(6)11;9-6-2-1-5(3-8(11)12)7(10)4-6;4-3-1-2-3/h3-7,10,15,19-20,36H,8-9,11-14H2,1-2H3;2,5,10,12-13,20H,3-4,6-9H2,1H3;3-4,7,19H,5-6,8H2,1-2H3;2-3,8H,4-7H2,1H3;2-5,16H,1H3,(H,14,15);2-3,5H,4H2,1H3;1-2,4H,3H2,(H,11,12);3H,1-2,4H2/t20?,25-,26?;;;;9-;;;/m0...0.../s1. The normalized spacial score (nSPS) is 20.1. The van der Waals surface area contributed by atoms with Gasteiger partial charge in [0.15, 0.2) is 11.2 Å². The molecule has 42 heteroatoms. The van der Waals surface area contributed by atoms with E-state index in [0.717, 1.165) is 143 Å². The number of carboxylic acids is 2. The van der Waals surface area contributed by atoms with E-state index in [0.29, 0.717) is 69.8 Å². The zero-order valence-corrected chi connectivity index (χ0v) is 80.3. The van der Waals surface area contributed by atoms with Crippen molar-refractivity contribution in [1.29, 1.82) is 0 Å². The number of amides is 1. The smallest absolute Gasteiger partial charge is 0.421 e. The lowest BCUT2D eigenvalue weighted by molar-refractivity contribution is -0.259. The van der Waals surface area contributed by atoms with Crippen molar-refractivity contribution in [2.24, 2.45) is 5.73 Å². The number of ether oxygens (including phenoxy) is 6. The number of allylic oxidation sites excluding steroid dienone is 1. The molecule has 1 amide bonds. The summed E-state index contributed by atoms with van der Waals surface area (Å²) in [6.45, 7) is 1.27. The van der Waals surface area contributed by atoms with Crippen LogP contribution in [0, 0.1) is 69.8 Å². The topological polar surface area (TPSA) is 369 Å². The van der Waals surface area contributed by atoms with Crippen molar-refractivity contribution >= 4 is 59.4 Å². The number of carboxylic acid groups (broad SMARTS) is 2. The van der Waals surface area contributed by atoms with E-state index in [1.807, 2.05) is 0 Å². The molecule has 15 rings (SSSR count). The predicted molar refractivity (Wildman–Crippen MR) is 487 cm³/mol. The third-order valence-electron chi connectivity index (χ3n) is 26.1. The molecule has 8 N–H and O–H groups in total. The molecule has 0 aliphatic heterocycles. The molecule has 3 atom stereocenters. The molecule has 8 aromatic rings. The first-order valence-corrected chi connectivity index (χ1v) is 45.7. The first-order chi connectivity index (χ1) is 68.5. The van der Waals surface area contributed by atoms with Gasteiger partial charge in [0.2, 0.25) is 0 Å². The van der Waals surface area contributed by atoms with Gasteiger partial charge in [-0.2, -0.15) is 26.3 Å². The number of halogens is 18. The SMILES string of the molecule is COC(=O)C1(c2ccc(F)cc2F)CCC(=O)CC1.COC(=O)C1(c2ccc(F)cc2F)CCC(N(C(=O)c2ccc([C@](C)(O)C(F)(F)F)cc2)C2CC2)CC1.COC(=O)C1(c2ccc(F)cc2F)CCC(NC2CC2)CC1.COC(=O)C1=C(O)CCC(C(=O)OC)(c2ccc(F)cc2F)C1.COC(=O)Cc1ccc(F)cc1F.C[C@](O)(c1ccc(C(=O)O)cc1)C(F)(F)F.NC1CC1.O=C(O)Cc1ccc(F)cc1F. The molecule has 0 saturated heterocycles. The molecule has 7 aliphatic carbocycles. The number of aliphatic carboxylic acids is 1. The van der Waals surface area contributed by atoms with Crippen LogP contribution < -0.4 is 11.1 Å². The van der Waals surface area contributed by atoms with Crippen LogP contribution in [0.3, 0.4) is 0 Å². The van der Waals surface area contributed by atoms with E-state index in [4.69, 9.17) is 34.9 Å². The van der Waals surface area contributed by atoms with Crippen LogP contribution >= 0.6 is 0 Å². The van der Waals surface area contributed by atoms with Gasteiger partial charge in [0.1, 0.15) is 86.8 Å². The van der Waals surface area contributed by atoms with Gasteiger partial charge in [-0.25, -0.2) is 62.3 Å². The number of hydrogen-bond donors (Lipinski definition) is 7. The maximum absolute atomic E-state index is 14.7. The van der Waals surface area contributed by atoms with E-state index in [2.05, 4.69) is 14.8 Å². The van der Waals surface area contributed by atoms with E-state index < -0.39 is 175 Å². The van der Waals surface area contributed by atoms with E-state index >= 15 is 0 Å². The number of esters is 6. The van der Waals surface area contributed by atoms with Crippen molar-refractivity contribution in [2.45, 2.75) is 237 Å². The monoisotopic (exact) mass is 2080 g/mol. The number of hydrogen-bond acceptors (Lipinski definition) is 21. The van der Waals surface area contributed by atoms with Crippen molar-refractivity contribution in [1.82, 2.24) is 10.2 Å². The number of rotatable bonds is 21. The lowest BCUT2D eigenvalue weighted by Crippen LogP contribution is -2.49. The number of methoxy groups -OCH3 is 6. The van der Waals surface area contributed by atoms with E-state index in [-0.39, 0.29) is 149 Å². The van der Waals surface area contributed by atoms with Crippen molar-refractivity contribution in [3.63, 3.8) is 0 Å². The molecule has 7 aliphatic rings. The average molecular weight is 2080 g/mol. The number of carbonyl (C=O) groups excluding carboxylic acids is 8. The Morgan fingerprint density at radius 1 is 0.390 bits per heavy atom. The van der Waals surface area contributed by atoms with Crippen LogP contribution in [0.15, 0.2) is 169 Å². The second-order valence-electron chi connectivity index (χ2n) is 36.0. The number of ketones is 1. The predicted octanol–water partition coefficient (Wildman–Crippen LogP) is 19.1. The summed E-state index contributed by atoms with van der Waals surface area (Å²) < 4.78 is 265. The molecule has 792 valence electrons. The Labute approximate surface area is 826 Å². The Balaban J connectivity index is 0.000000213. The molecule has 8 aromatic carbocycles. The highest BCUT2D eigenvalue weighted by Crippen LogP contribution is 2.50. The van der Waals surface area contributed by atoms with Gasteiger partial charge >= 0.3 is 60.1 Å². The van der Waals surface area contributed by atoms with Gasteiger partial charge < -0.3 is 69.9 Å². The van der Waals surface area contributed by atoms with Crippen molar-refractivity contribution < 1.29 is 181 Å². The molecule has 146 heavy (non-hydrogen) atoms. The Kier molecular flexibility index (Phi) is 41.0. The number of aliphatic hydroxyl groups is 3. The molecule has 0 heterocycles. The maximum atomic E-state index is 14.7. The zero-order valence-electron chi connectivity index (χ0n) is 80.3. The van der Waals surface area contributed by atoms with Gasteiger partial charge in [0, 0.05) is 120 Å². The van der Waals surface area contributed by atoms with Gasteiger partial charge in [0.25, 0.3) is 5.91 Å². The van der Waals surface area contributed by atoms with E-state index in [9.17, 15) is 142 Å². The van der Waals surface area contributed by atoms with Crippen LogP contribution in [0.25, 0.3) is 0 Å². The summed E-state index contributed by atoms with van der Waals surface area (Å²) in [5.74, 6) is -15.7. The Bertz CT molecular complexity index is 5980. The number of aliphatic hydroxyl groups excluding tert-OH is 1. The number of aromatic carboxylic acids is 1. The molecule has 0 radical (unpaired) electrons. The van der Waals surface area contributed by atoms with Gasteiger partial charge in [0.05, 0.1) is 82.9 Å². The summed E-state index contributed by atoms with van der Waals surface area (Å²) in [4.78, 5) is 119. The fourth-order valence-corrected chi connectivity index (χ4v) is 17.2. The minimum atomic E-state index is -4.88. The summed E-state index contributed by atoms with van der Waals surface area (Å²) in [6.07, 6.45) is 0.405. The largest absolute Gasteiger partial charge is 0.512 e. The second kappa shape index (κ2) is 50.7. The van der Waals surface area contributed by atoms with Gasteiger partial charge in [-0.3, -0.25) is 38.4 Å². The number of nitrogens with zero attached hydrogens (tertiary/aromatic N) is 1. The Hall–Kier alpha value is -13.2. The molecule has 0 aromatic heterocycles. The number of nitrogens with one attached hydrogen (secondary N) is 1. The molecule has 0 spiro atoms. The third kappa shape index (κ3) is 30.0. The van der Waals surface area contributed by atoms with E-state index in [1.165, 1.54) is 96.6 Å². The van der Waals surface area contributed by atoms with Crippen LogP contribution in [0.5, 0.6) is 0 Å². The highest BCUT2D eigenvalue weighted by Gasteiger charge is 2.55. The summed E-state index contributed by atoms with van der Waals surface area (Å²) in [5, 5.41) is 49.5. The van der Waals surface area contributed by atoms with Crippen molar-refractivity contribution in [3.8, 4) is 0 Å². The lowest BCUT2D eigenvalue weighted by atomic mass is 9.67. The molecular weight excluding hydrogens is 1970 g/mol. The summed E-state index contributed by atoms with van der Waals surface area (Å²) in [6, 6.07) is 28.2.